The molecule has 1 saturated heterocycles. The molecule has 2 aromatic rings. The predicted molar refractivity (Wildman–Crippen MR) is 121 cm³/mol. The standard InChI is InChI=1S/C23H34N4S/c1-18(19-9-6-5-7-10-19)27-14-12-20(13-15-27)26-22(24-4)25-17-23(2,3)21-11-8-16-28-21/h5-11,16,18,20H,12-15,17H2,1-4H3,(H2,24,25,26). The fraction of sp³-hybridized carbons (Fsp3) is 0.522. The number of hydrogen-bond acceptors (Lipinski definition) is 3. The topological polar surface area (TPSA) is 39.7 Å². The molecule has 1 aromatic heterocycles. The lowest BCUT2D eigenvalue weighted by atomic mass is 9.91. The largest absolute Gasteiger partial charge is 0.356 e. The van der Waals surface area contributed by atoms with Crippen LogP contribution < -0.4 is 10.6 Å². The monoisotopic (exact) mass is 398 g/mol. The highest BCUT2D eigenvalue weighted by atomic mass is 32.1. The van der Waals surface area contributed by atoms with E-state index in [4.69, 9.17) is 0 Å². The van der Waals surface area contributed by atoms with Gasteiger partial charge in [0.2, 0.25) is 0 Å². The predicted octanol–water partition coefficient (Wildman–Crippen LogP) is 4.42. The summed E-state index contributed by atoms with van der Waals surface area (Å²) in [6.07, 6.45) is 2.29. The van der Waals surface area contributed by atoms with E-state index in [-0.39, 0.29) is 5.41 Å². The van der Waals surface area contributed by atoms with Crippen molar-refractivity contribution in [1.29, 1.82) is 0 Å². The van der Waals surface area contributed by atoms with Gasteiger partial charge in [0.1, 0.15) is 0 Å². The Morgan fingerprint density at radius 1 is 1.18 bits per heavy atom. The quantitative estimate of drug-likeness (QED) is 0.559. The summed E-state index contributed by atoms with van der Waals surface area (Å²) in [6.45, 7) is 9.98. The third-order valence-electron chi connectivity index (χ3n) is 5.81. The highest BCUT2D eigenvalue weighted by Crippen LogP contribution is 2.27. The molecule has 2 N–H and O–H groups in total. The number of nitrogens with zero attached hydrogens (tertiary/aromatic N) is 2. The molecule has 28 heavy (non-hydrogen) atoms. The third-order valence-corrected chi connectivity index (χ3v) is 7.05. The van der Waals surface area contributed by atoms with Gasteiger partial charge in [-0.05, 0) is 36.8 Å². The number of thiophene rings is 1. The van der Waals surface area contributed by atoms with Gasteiger partial charge < -0.3 is 10.6 Å². The number of benzene rings is 1. The minimum Gasteiger partial charge on any atom is -0.356 e. The molecule has 1 aliphatic rings. The van der Waals surface area contributed by atoms with E-state index in [0.29, 0.717) is 12.1 Å². The Hall–Kier alpha value is -1.85. The van der Waals surface area contributed by atoms with E-state index in [1.165, 1.54) is 10.4 Å². The van der Waals surface area contributed by atoms with E-state index in [0.717, 1.165) is 38.4 Å². The average molecular weight is 399 g/mol. The van der Waals surface area contributed by atoms with Crippen molar-refractivity contribution in [3.05, 3.63) is 58.3 Å². The van der Waals surface area contributed by atoms with Crippen molar-refractivity contribution < 1.29 is 0 Å². The van der Waals surface area contributed by atoms with Crippen LogP contribution in [0.5, 0.6) is 0 Å². The molecule has 0 spiro atoms. The van der Waals surface area contributed by atoms with Crippen molar-refractivity contribution in [3.63, 3.8) is 0 Å². The van der Waals surface area contributed by atoms with Crippen LogP contribution in [0.25, 0.3) is 0 Å². The van der Waals surface area contributed by atoms with Gasteiger partial charge in [-0.2, -0.15) is 0 Å². The molecule has 4 nitrogen and oxygen atoms in total. The summed E-state index contributed by atoms with van der Waals surface area (Å²) < 4.78 is 0. The lowest BCUT2D eigenvalue weighted by Crippen LogP contribution is -2.50. The molecule has 0 amide bonds. The zero-order chi connectivity index (χ0) is 20.0. The molecular formula is C23H34N4S. The number of rotatable bonds is 6. The van der Waals surface area contributed by atoms with E-state index in [1.807, 2.05) is 18.4 Å². The number of piperidine rings is 1. The van der Waals surface area contributed by atoms with Gasteiger partial charge in [0.25, 0.3) is 0 Å². The average Bonchev–Trinajstić information content (AvgIpc) is 3.28. The van der Waals surface area contributed by atoms with E-state index in [2.05, 4.69) is 89.1 Å². The Morgan fingerprint density at radius 2 is 1.89 bits per heavy atom. The fourth-order valence-electron chi connectivity index (χ4n) is 3.82. The molecule has 1 unspecified atom stereocenters. The van der Waals surface area contributed by atoms with Crippen LogP contribution in [0, 0.1) is 0 Å². The van der Waals surface area contributed by atoms with Crippen LogP contribution in [0.2, 0.25) is 0 Å². The van der Waals surface area contributed by atoms with Crippen molar-refractivity contribution >= 4 is 17.3 Å². The maximum absolute atomic E-state index is 4.45. The minimum absolute atomic E-state index is 0.0975. The van der Waals surface area contributed by atoms with Crippen LogP contribution in [-0.2, 0) is 5.41 Å². The van der Waals surface area contributed by atoms with E-state index >= 15 is 0 Å². The summed E-state index contributed by atoms with van der Waals surface area (Å²) in [7, 11) is 1.86. The molecule has 0 aliphatic carbocycles. The molecule has 1 fully saturated rings. The lowest BCUT2D eigenvalue weighted by Gasteiger charge is -2.37. The summed E-state index contributed by atoms with van der Waals surface area (Å²) in [5, 5.41) is 9.32. The Kier molecular flexibility index (Phi) is 7.13. The summed E-state index contributed by atoms with van der Waals surface area (Å²) in [6, 6.07) is 16.1. The first-order valence-corrected chi connectivity index (χ1v) is 11.2. The second-order valence-electron chi connectivity index (χ2n) is 8.33. The second-order valence-corrected chi connectivity index (χ2v) is 9.28. The number of nitrogens with one attached hydrogen (secondary N) is 2. The van der Waals surface area contributed by atoms with Crippen LogP contribution in [0.3, 0.4) is 0 Å². The van der Waals surface area contributed by atoms with Crippen LogP contribution >= 0.6 is 11.3 Å². The number of likely N-dealkylation sites (tertiary alicyclic amines) is 1. The van der Waals surface area contributed by atoms with Crippen LogP contribution in [0.1, 0.15) is 50.1 Å². The molecule has 1 atom stereocenters. The van der Waals surface area contributed by atoms with Crippen molar-refractivity contribution in [3.8, 4) is 0 Å². The normalized spacial score (nSPS) is 18.1. The Morgan fingerprint density at radius 3 is 2.50 bits per heavy atom. The maximum atomic E-state index is 4.45. The van der Waals surface area contributed by atoms with Gasteiger partial charge in [-0.3, -0.25) is 9.89 Å². The molecule has 0 bridgehead atoms. The van der Waals surface area contributed by atoms with Gasteiger partial charge in [0.05, 0.1) is 0 Å². The van der Waals surface area contributed by atoms with Crippen molar-refractivity contribution in [2.45, 2.75) is 51.1 Å². The van der Waals surface area contributed by atoms with Crippen LogP contribution in [-0.4, -0.2) is 43.6 Å². The number of aliphatic imine (C=N–C) groups is 1. The molecule has 1 aromatic carbocycles. The smallest absolute Gasteiger partial charge is 0.191 e. The molecular weight excluding hydrogens is 364 g/mol. The molecule has 3 rings (SSSR count). The molecule has 0 radical (unpaired) electrons. The number of hydrogen-bond donors (Lipinski definition) is 2. The van der Waals surface area contributed by atoms with Gasteiger partial charge in [-0.25, -0.2) is 0 Å². The zero-order valence-corrected chi connectivity index (χ0v) is 18.4. The zero-order valence-electron chi connectivity index (χ0n) is 17.6. The molecule has 0 saturated carbocycles. The highest BCUT2D eigenvalue weighted by Gasteiger charge is 2.25. The van der Waals surface area contributed by atoms with Gasteiger partial charge in [-0.15, -0.1) is 11.3 Å². The summed E-state index contributed by atoms with van der Waals surface area (Å²) in [5.74, 6) is 0.916. The van der Waals surface area contributed by atoms with Crippen LogP contribution in [0.4, 0.5) is 0 Å². The minimum atomic E-state index is 0.0975. The molecule has 5 heteroatoms. The molecule has 152 valence electrons. The van der Waals surface area contributed by atoms with E-state index in [1.54, 1.807) is 0 Å². The van der Waals surface area contributed by atoms with Crippen LogP contribution in [0.15, 0.2) is 52.8 Å². The summed E-state index contributed by atoms with van der Waals surface area (Å²) in [4.78, 5) is 8.44. The SMILES string of the molecule is CN=C(NCC(C)(C)c1cccs1)NC1CCN(C(C)c2ccccc2)CC1. The second kappa shape index (κ2) is 9.57. The Balaban J connectivity index is 1.46. The van der Waals surface area contributed by atoms with Gasteiger partial charge in [-0.1, -0.05) is 50.2 Å². The molecule has 1 aliphatic heterocycles. The van der Waals surface area contributed by atoms with E-state index in [9.17, 15) is 0 Å². The fourth-order valence-corrected chi connectivity index (χ4v) is 4.67. The first kappa shape index (κ1) is 20.9. The Labute approximate surface area is 174 Å². The maximum Gasteiger partial charge on any atom is 0.191 e. The first-order valence-electron chi connectivity index (χ1n) is 10.3. The first-order chi connectivity index (χ1) is 13.5. The number of guanidine groups is 1. The Bertz CT molecular complexity index is 731. The summed E-state index contributed by atoms with van der Waals surface area (Å²) >= 11 is 1.82. The van der Waals surface area contributed by atoms with Crippen molar-refractivity contribution in [2.24, 2.45) is 4.99 Å². The summed E-state index contributed by atoms with van der Waals surface area (Å²) in [5.41, 5.74) is 1.50. The van der Waals surface area contributed by atoms with Gasteiger partial charge in [0.15, 0.2) is 5.96 Å². The van der Waals surface area contributed by atoms with Gasteiger partial charge in [0, 0.05) is 49.1 Å². The van der Waals surface area contributed by atoms with Crippen molar-refractivity contribution in [1.82, 2.24) is 15.5 Å². The molecule has 2 heterocycles. The highest BCUT2D eigenvalue weighted by molar-refractivity contribution is 7.10. The van der Waals surface area contributed by atoms with Crippen molar-refractivity contribution in [2.75, 3.05) is 26.7 Å². The van der Waals surface area contributed by atoms with Gasteiger partial charge >= 0.3 is 0 Å². The van der Waals surface area contributed by atoms with E-state index < -0.39 is 0 Å². The third kappa shape index (κ3) is 5.36. The lowest BCUT2D eigenvalue weighted by molar-refractivity contribution is 0.158.